The van der Waals surface area contributed by atoms with E-state index in [9.17, 15) is 19.5 Å². The molecule has 12 nitrogen and oxygen atoms in total. The minimum atomic E-state index is -1.12. The van der Waals surface area contributed by atoms with Crippen molar-refractivity contribution in [2.45, 2.75) is 83.9 Å². The van der Waals surface area contributed by atoms with Gasteiger partial charge >= 0.3 is 12.1 Å². The topological polar surface area (TPSA) is 166 Å². The molecule has 0 aromatic carbocycles. The van der Waals surface area contributed by atoms with E-state index in [0.29, 0.717) is 5.75 Å². The van der Waals surface area contributed by atoms with Crippen LogP contribution in [0.25, 0.3) is 0 Å². The first kappa shape index (κ1) is 30.2. The maximum atomic E-state index is 13.1. The van der Waals surface area contributed by atoms with Gasteiger partial charge in [-0.15, -0.1) is 0 Å². The van der Waals surface area contributed by atoms with Gasteiger partial charge < -0.3 is 34.0 Å². The number of rotatable bonds is 9. The Kier molecular flexibility index (Phi) is 9.78. The van der Waals surface area contributed by atoms with E-state index in [1.165, 1.54) is 14.0 Å². The van der Waals surface area contributed by atoms with E-state index in [1.54, 1.807) is 39.5 Å². The van der Waals surface area contributed by atoms with E-state index in [0.717, 1.165) is 6.26 Å². The number of aryl methyl sites for hydroxylation is 1. The number of aliphatic hydroxyl groups is 1. The van der Waals surface area contributed by atoms with Crippen molar-refractivity contribution in [1.82, 2.24) is 20.6 Å². The monoisotopic (exact) mass is 540 g/mol. The Morgan fingerprint density at radius 2 is 1.76 bits per heavy atom. The maximum absolute atomic E-state index is 13.1. The van der Waals surface area contributed by atoms with Crippen LogP contribution in [0.15, 0.2) is 15.1 Å². The number of hydrogen-bond acceptors (Lipinski definition) is 11. The molecule has 0 aliphatic rings. The Hall–Kier alpha value is -3.06. The number of hydrogen-bond donors (Lipinski definition) is 3. The number of amides is 2. The number of carbonyl (C=O) groups is 3. The highest BCUT2D eigenvalue weighted by atomic mass is 32.2. The maximum Gasteiger partial charge on any atom is 0.408 e. The first-order valence-electron chi connectivity index (χ1n) is 11.6. The Balaban J connectivity index is 2.28. The average Bonchev–Trinajstić information content (AvgIpc) is 3.39. The second-order valence-electron chi connectivity index (χ2n) is 10.3. The van der Waals surface area contributed by atoms with E-state index in [-0.39, 0.29) is 33.7 Å². The van der Waals surface area contributed by atoms with Gasteiger partial charge in [0.2, 0.25) is 11.8 Å². The molecule has 2 amide bonds. The number of ether oxygens (including phenoxy) is 2. The third-order valence-electron chi connectivity index (χ3n) is 4.65. The molecule has 0 bridgehead atoms. The van der Waals surface area contributed by atoms with Gasteiger partial charge in [0.05, 0.1) is 13.2 Å². The van der Waals surface area contributed by atoms with Crippen molar-refractivity contribution in [3.63, 3.8) is 0 Å². The zero-order chi connectivity index (χ0) is 28.1. The van der Waals surface area contributed by atoms with Crippen LogP contribution in [0.4, 0.5) is 4.79 Å². The van der Waals surface area contributed by atoms with Gasteiger partial charge in [0.1, 0.15) is 29.7 Å². The quantitative estimate of drug-likeness (QED) is 0.397. The van der Waals surface area contributed by atoms with E-state index < -0.39 is 41.8 Å². The number of alkyl carbamates (subject to hydrolysis) is 1. The normalized spacial score (nSPS) is 14.4. The molecule has 0 fully saturated rings. The summed E-state index contributed by atoms with van der Waals surface area (Å²) in [6.07, 6.45) is -0.694. The summed E-state index contributed by atoms with van der Waals surface area (Å²) in [6.45, 7) is 14.4. The first-order valence-corrected chi connectivity index (χ1v) is 12.6. The second kappa shape index (κ2) is 12.0. The van der Waals surface area contributed by atoms with Crippen LogP contribution in [-0.2, 0) is 9.47 Å². The fourth-order valence-corrected chi connectivity index (χ4v) is 3.85. The first-order chi connectivity index (χ1) is 17.0. The lowest BCUT2D eigenvalue weighted by Gasteiger charge is -2.24. The van der Waals surface area contributed by atoms with Gasteiger partial charge in [0.25, 0.3) is 5.91 Å². The predicted octanol–water partition coefficient (Wildman–Crippen LogP) is 3.71. The fraction of sp³-hybridized carbons (Fsp3) is 0.625. The molecule has 3 atom stereocenters. The molecule has 0 radical (unpaired) electrons. The van der Waals surface area contributed by atoms with Crippen LogP contribution in [0.1, 0.15) is 99.1 Å². The molecule has 0 saturated heterocycles. The van der Waals surface area contributed by atoms with E-state index >= 15 is 0 Å². The molecule has 2 heterocycles. The van der Waals surface area contributed by atoms with Crippen molar-refractivity contribution in [3.05, 3.63) is 35.2 Å². The minimum Gasteiger partial charge on any atom is -0.464 e. The number of carbonyl (C=O) groups excluding carboxylic acids is 3. The summed E-state index contributed by atoms with van der Waals surface area (Å²) in [5.74, 6) is -0.738. The smallest absolute Gasteiger partial charge is 0.408 e. The fourth-order valence-electron chi connectivity index (χ4n) is 2.96. The third kappa shape index (κ3) is 9.08. The van der Waals surface area contributed by atoms with Crippen LogP contribution in [0.3, 0.4) is 0 Å². The Morgan fingerprint density at radius 1 is 1.11 bits per heavy atom. The van der Waals surface area contributed by atoms with E-state index in [4.69, 9.17) is 13.6 Å². The van der Waals surface area contributed by atoms with Gasteiger partial charge in [-0.25, -0.2) is 19.6 Å². The molecule has 2 aromatic heterocycles. The van der Waals surface area contributed by atoms with Crippen LogP contribution < -0.4 is 10.6 Å². The highest BCUT2D eigenvalue weighted by Gasteiger charge is 2.31. The zero-order valence-electron chi connectivity index (χ0n) is 22.6. The molecular formula is C24H36N4O8S. The van der Waals surface area contributed by atoms with Gasteiger partial charge in [0, 0.05) is 10.5 Å². The lowest BCUT2D eigenvalue weighted by molar-refractivity contribution is 0.0500. The molecule has 0 unspecified atom stereocenters. The highest BCUT2D eigenvalue weighted by Crippen LogP contribution is 2.29. The molecule has 0 aliphatic carbocycles. The summed E-state index contributed by atoms with van der Waals surface area (Å²) in [5, 5.41) is 15.6. The number of aliphatic hydroxyl groups excluding tert-OH is 1. The van der Waals surface area contributed by atoms with Gasteiger partial charge in [-0.05, 0) is 34.6 Å². The molecule has 0 aliphatic heterocycles. The Labute approximate surface area is 220 Å². The number of nitrogens with one attached hydrogen (secondary N) is 2. The van der Waals surface area contributed by atoms with Gasteiger partial charge in [-0.2, -0.15) is 11.8 Å². The van der Waals surface area contributed by atoms with Gasteiger partial charge in [-0.1, -0.05) is 20.8 Å². The summed E-state index contributed by atoms with van der Waals surface area (Å²) in [4.78, 5) is 45.6. The molecule has 0 saturated carbocycles. The Morgan fingerprint density at radius 3 is 2.30 bits per heavy atom. The van der Waals surface area contributed by atoms with Crippen molar-refractivity contribution in [2.75, 3.05) is 12.9 Å². The molecule has 2 aromatic rings. The predicted molar refractivity (Wildman–Crippen MR) is 135 cm³/mol. The molecule has 0 spiro atoms. The van der Waals surface area contributed by atoms with E-state index in [1.807, 2.05) is 20.8 Å². The number of nitrogens with zero attached hydrogens (tertiary/aromatic N) is 2. The molecule has 2 rings (SSSR count). The summed E-state index contributed by atoms with van der Waals surface area (Å²) in [7, 11) is 1.19. The summed E-state index contributed by atoms with van der Waals surface area (Å²) in [5.41, 5.74) is -0.852. The van der Waals surface area contributed by atoms with Crippen LogP contribution in [0.5, 0.6) is 0 Å². The SMILES string of the molecule is COC(=O)c1coc([C@@H](NC(=O)c2nc([C@H](CSC(C)(C)C)NC(=O)OC(C)(C)C)oc2C)[C@@H](C)O)n1. The van der Waals surface area contributed by atoms with Crippen LogP contribution in [0.2, 0.25) is 0 Å². The lowest BCUT2D eigenvalue weighted by Crippen LogP contribution is -2.37. The zero-order valence-corrected chi connectivity index (χ0v) is 23.4. The number of methoxy groups -OCH3 is 1. The molecular weight excluding hydrogens is 504 g/mol. The molecule has 37 heavy (non-hydrogen) atoms. The standard InChI is InChI=1S/C24H36N4O8S/c1-12(29)16(20-25-14(10-34-20)21(31)33-9)27-18(30)17-13(2)35-19(28-17)15(11-37-24(6,7)8)26-22(32)36-23(3,4)5/h10,12,15-16,29H,11H2,1-9H3,(H,26,32)(H,27,30)/t12-,15+,16+/m1/s1. The van der Waals surface area contributed by atoms with Crippen molar-refractivity contribution in [1.29, 1.82) is 0 Å². The third-order valence-corrected chi connectivity index (χ3v) is 6.02. The van der Waals surface area contributed by atoms with Crippen molar-refractivity contribution in [3.8, 4) is 0 Å². The van der Waals surface area contributed by atoms with Crippen LogP contribution in [-0.4, -0.2) is 62.4 Å². The van der Waals surface area contributed by atoms with Crippen molar-refractivity contribution < 1.29 is 37.8 Å². The lowest BCUT2D eigenvalue weighted by atomic mass is 10.1. The summed E-state index contributed by atoms with van der Waals surface area (Å²) < 4.78 is 20.9. The molecule has 206 valence electrons. The highest BCUT2D eigenvalue weighted by molar-refractivity contribution is 8.00. The molecule has 3 N–H and O–H groups in total. The van der Waals surface area contributed by atoms with Gasteiger partial charge in [0.15, 0.2) is 11.4 Å². The summed E-state index contributed by atoms with van der Waals surface area (Å²) >= 11 is 1.58. The summed E-state index contributed by atoms with van der Waals surface area (Å²) in [6, 6.07) is -1.76. The largest absolute Gasteiger partial charge is 0.464 e. The number of esters is 1. The number of thioether (sulfide) groups is 1. The molecule has 13 heteroatoms. The minimum absolute atomic E-state index is 0.0443. The van der Waals surface area contributed by atoms with Crippen molar-refractivity contribution >= 4 is 29.7 Å². The van der Waals surface area contributed by atoms with Crippen LogP contribution in [0, 0.1) is 6.92 Å². The van der Waals surface area contributed by atoms with Crippen molar-refractivity contribution in [2.24, 2.45) is 0 Å². The second-order valence-corrected chi connectivity index (χ2v) is 12.2. The van der Waals surface area contributed by atoms with Gasteiger partial charge in [-0.3, -0.25) is 4.79 Å². The van der Waals surface area contributed by atoms with E-state index in [2.05, 4.69) is 25.3 Å². The average molecular weight is 541 g/mol. The Bertz CT molecular complexity index is 1100. The van der Waals surface area contributed by atoms with Crippen LogP contribution >= 0.6 is 11.8 Å². The number of aromatic nitrogens is 2. The number of oxazole rings is 2.